The number of aryl methyl sites for hydroxylation is 3. The Labute approximate surface area is 306 Å². The van der Waals surface area contributed by atoms with Crippen LogP contribution in [0.4, 0.5) is 5.69 Å². The molecule has 0 unspecified atom stereocenters. The van der Waals surface area contributed by atoms with E-state index in [2.05, 4.69) is 88.3 Å². The van der Waals surface area contributed by atoms with Crippen molar-refractivity contribution in [3.8, 4) is 0 Å². The van der Waals surface area contributed by atoms with Gasteiger partial charge in [0.05, 0.1) is 15.7 Å². The van der Waals surface area contributed by atoms with Gasteiger partial charge in [-0.3, -0.25) is 4.79 Å². The lowest BCUT2D eigenvalue weighted by molar-refractivity contribution is -0.177. The molecule has 1 N–H and O–H groups in total. The van der Waals surface area contributed by atoms with E-state index in [1.165, 1.54) is 21.4 Å². The Bertz CT molecular complexity index is 1530. The molecule has 0 aliphatic heterocycles. The van der Waals surface area contributed by atoms with E-state index in [4.69, 9.17) is 13.9 Å². The number of carbonyl (C=O) groups excluding carboxylic acids is 2. The lowest BCUT2D eigenvalue weighted by atomic mass is 10.0. The van der Waals surface area contributed by atoms with E-state index in [0.717, 1.165) is 62.7 Å². The summed E-state index contributed by atoms with van der Waals surface area (Å²) in [5, 5.41) is 3.32. The Hall–Kier alpha value is -2.79. The van der Waals surface area contributed by atoms with Crippen molar-refractivity contribution < 1.29 is 23.5 Å². The molecule has 1 aromatic heterocycles. The van der Waals surface area contributed by atoms with Crippen LogP contribution in [0.15, 0.2) is 41.9 Å². The number of carbonyl (C=O) groups is 2. The number of fused-ring (bicyclic) bond motifs is 1. The van der Waals surface area contributed by atoms with Crippen molar-refractivity contribution in [2.24, 2.45) is 0 Å². The normalized spacial score (nSPS) is 13.7. The minimum atomic E-state index is -2.50. The molecule has 2 aromatic carbocycles. The summed E-state index contributed by atoms with van der Waals surface area (Å²) in [4.78, 5) is 34.0. The van der Waals surface area contributed by atoms with E-state index >= 15 is 0 Å². The maximum absolute atomic E-state index is 14.2. The summed E-state index contributed by atoms with van der Waals surface area (Å²) in [6, 6.07) is 12.9. The van der Waals surface area contributed by atoms with E-state index in [1.807, 2.05) is 32.3 Å². The number of nitrogens with one attached hydrogen (secondary N) is 1. The molecule has 0 bridgehead atoms. The van der Waals surface area contributed by atoms with Crippen LogP contribution in [0.25, 0.3) is 10.2 Å². The summed E-state index contributed by atoms with van der Waals surface area (Å²) < 4.78 is 20.1. The number of anilines is 1. The first-order chi connectivity index (χ1) is 23.4. The molecule has 3 rings (SSSR count). The third-order valence-electron chi connectivity index (χ3n) is 9.57. The number of likely N-dealkylation sites (N-methyl/N-ethyl adjacent to an activating group) is 1. The number of aromatic nitrogens is 1. The second kappa shape index (κ2) is 18.6. The van der Waals surface area contributed by atoms with Crippen LogP contribution >= 0.6 is 11.3 Å². The molecular formula is C40H63N3O5SSi. The predicted octanol–water partition coefficient (Wildman–Crippen LogP) is 9.48. The summed E-state index contributed by atoms with van der Waals surface area (Å²) in [6.07, 6.45) is 4.28. The van der Waals surface area contributed by atoms with Gasteiger partial charge in [0, 0.05) is 32.4 Å². The molecule has 10 heteroatoms. The van der Waals surface area contributed by atoms with Crippen LogP contribution in [-0.4, -0.2) is 74.6 Å². The number of thiazole rings is 1. The van der Waals surface area contributed by atoms with Gasteiger partial charge in [0.2, 0.25) is 0 Å². The van der Waals surface area contributed by atoms with Gasteiger partial charge >= 0.3 is 5.97 Å². The highest BCUT2D eigenvalue weighted by Gasteiger charge is 2.47. The largest absolute Gasteiger partial charge is 0.458 e. The third-order valence-corrected chi connectivity index (χ3v) is 14.8. The molecule has 0 aliphatic carbocycles. The average Bonchev–Trinajstić information content (AvgIpc) is 3.49. The smallest absolute Gasteiger partial charge is 0.337 e. The van der Waals surface area contributed by atoms with Crippen LogP contribution in [0.3, 0.4) is 0 Å². The lowest BCUT2D eigenvalue weighted by Gasteiger charge is -2.41. The van der Waals surface area contributed by atoms with Crippen LogP contribution in [0.5, 0.6) is 0 Å². The second-order valence-corrected chi connectivity index (χ2v) is 21.8. The molecule has 0 saturated heterocycles. The fourth-order valence-corrected chi connectivity index (χ4v) is 7.25. The van der Waals surface area contributed by atoms with Gasteiger partial charge in [-0.05, 0) is 126 Å². The number of esters is 1. The fourth-order valence-electron chi connectivity index (χ4n) is 5.33. The minimum absolute atomic E-state index is 0.179. The predicted molar refractivity (Wildman–Crippen MR) is 211 cm³/mol. The molecule has 3 aromatic rings. The molecule has 0 saturated carbocycles. The molecule has 50 heavy (non-hydrogen) atoms. The summed E-state index contributed by atoms with van der Waals surface area (Å²) in [6.45, 7) is 22.1. The molecule has 0 aliphatic rings. The number of nitrogens with zero attached hydrogens (tertiary/aromatic N) is 2. The fraction of sp³-hybridized carbons (Fsp3) is 0.625. The number of ether oxygens (including phenoxy) is 2. The van der Waals surface area contributed by atoms with Crippen LogP contribution in [0, 0.1) is 13.8 Å². The van der Waals surface area contributed by atoms with E-state index in [-0.39, 0.29) is 10.9 Å². The SMILES string of the molecule is Cc1ccc(CCCCCO[C@@H](C(=O)N(C)CCCCCNc2ccc3ncsc3c2)[C@@H](O[Si](C)(C)C(C)(C)C)C(=O)OC(C)(C)C)cc1C. The number of hydrogen-bond donors (Lipinski definition) is 1. The highest BCUT2D eigenvalue weighted by Crippen LogP contribution is 2.38. The third kappa shape index (κ3) is 13.1. The molecule has 1 amide bonds. The molecule has 1 heterocycles. The van der Waals surface area contributed by atoms with Gasteiger partial charge in [0.1, 0.15) is 5.60 Å². The number of unbranched alkanes of at least 4 members (excludes halogenated alkanes) is 4. The van der Waals surface area contributed by atoms with Crippen LogP contribution in [-0.2, 0) is 29.9 Å². The zero-order valence-electron chi connectivity index (χ0n) is 32.6. The number of rotatable bonds is 19. The Morgan fingerprint density at radius 1 is 0.900 bits per heavy atom. The van der Waals surface area contributed by atoms with Gasteiger partial charge in [-0.25, -0.2) is 9.78 Å². The minimum Gasteiger partial charge on any atom is -0.458 e. The van der Waals surface area contributed by atoms with E-state index < -0.39 is 32.1 Å². The van der Waals surface area contributed by atoms with E-state index in [1.54, 1.807) is 23.3 Å². The van der Waals surface area contributed by atoms with Crippen LogP contribution in [0.1, 0.15) is 96.8 Å². The molecular weight excluding hydrogens is 663 g/mol. The molecule has 0 radical (unpaired) electrons. The highest BCUT2D eigenvalue weighted by molar-refractivity contribution is 7.16. The van der Waals surface area contributed by atoms with Crippen molar-refractivity contribution in [2.75, 3.05) is 32.1 Å². The van der Waals surface area contributed by atoms with Gasteiger partial charge < -0.3 is 24.1 Å². The molecule has 2 atom stereocenters. The Morgan fingerprint density at radius 3 is 2.30 bits per heavy atom. The van der Waals surface area contributed by atoms with Crippen molar-refractivity contribution in [1.29, 1.82) is 0 Å². The maximum atomic E-state index is 14.2. The standard InChI is InChI=1S/C40H63N3O5SSi/c1-29-19-20-31(26-30(29)2)18-14-12-17-25-46-35(36(38(45)47-39(3,4)5)48-50(10,11)40(6,7)8)37(44)43(9)24-16-13-15-23-41-32-21-22-33-34(27-32)49-28-42-33/h19-22,26-28,35-36,41H,12-18,23-25H2,1-11H3/t35-,36-/m1/s1. The Balaban J connectivity index is 1.63. The first-order valence-corrected chi connectivity index (χ1v) is 22.1. The lowest BCUT2D eigenvalue weighted by Crippen LogP contribution is -2.56. The number of benzene rings is 2. The van der Waals surface area contributed by atoms with Crippen molar-refractivity contribution >= 4 is 47.4 Å². The van der Waals surface area contributed by atoms with Gasteiger partial charge in [-0.2, -0.15) is 0 Å². The second-order valence-electron chi connectivity index (χ2n) is 16.1. The van der Waals surface area contributed by atoms with Crippen molar-refractivity contribution in [3.05, 3.63) is 58.6 Å². The zero-order chi connectivity index (χ0) is 37.1. The van der Waals surface area contributed by atoms with Gasteiger partial charge in [-0.15, -0.1) is 11.3 Å². The quantitative estimate of drug-likeness (QED) is 0.0748. The van der Waals surface area contributed by atoms with Gasteiger partial charge in [0.15, 0.2) is 20.5 Å². The van der Waals surface area contributed by atoms with E-state index in [0.29, 0.717) is 13.2 Å². The Morgan fingerprint density at radius 2 is 1.62 bits per heavy atom. The summed E-state index contributed by atoms with van der Waals surface area (Å²) in [7, 11) is -0.702. The first kappa shape index (κ1) is 41.6. The highest BCUT2D eigenvalue weighted by atomic mass is 32.1. The first-order valence-electron chi connectivity index (χ1n) is 18.3. The van der Waals surface area contributed by atoms with Crippen molar-refractivity contribution in [3.63, 3.8) is 0 Å². The zero-order valence-corrected chi connectivity index (χ0v) is 34.4. The van der Waals surface area contributed by atoms with Crippen LogP contribution in [0.2, 0.25) is 18.1 Å². The summed E-state index contributed by atoms with van der Waals surface area (Å²) in [5.41, 5.74) is 7.20. The Kier molecular flexibility index (Phi) is 15.5. The monoisotopic (exact) mass is 725 g/mol. The van der Waals surface area contributed by atoms with Gasteiger partial charge in [-0.1, -0.05) is 45.4 Å². The molecule has 0 fully saturated rings. The van der Waals surface area contributed by atoms with Gasteiger partial charge in [0.25, 0.3) is 5.91 Å². The molecule has 8 nitrogen and oxygen atoms in total. The molecule has 0 spiro atoms. The number of amides is 1. The maximum Gasteiger partial charge on any atom is 0.337 e. The summed E-state index contributed by atoms with van der Waals surface area (Å²) in [5.74, 6) is -0.794. The molecule has 278 valence electrons. The van der Waals surface area contributed by atoms with Crippen molar-refractivity contribution in [1.82, 2.24) is 9.88 Å². The van der Waals surface area contributed by atoms with Crippen LogP contribution < -0.4 is 5.32 Å². The summed E-state index contributed by atoms with van der Waals surface area (Å²) >= 11 is 1.64. The van der Waals surface area contributed by atoms with Crippen molar-refractivity contribution in [2.45, 2.75) is 136 Å². The number of hydrogen-bond acceptors (Lipinski definition) is 8. The average molecular weight is 726 g/mol. The topological polar surface area (TPSA) is 90.0 Å². The van der Waals surface area contributed by atoms with E-state index in [9.17, 15) is 9.59 Å².